The van der Waals surface area contributed by atoms with Crippen LogP contribution < -0.4 is 5.32 Å². The molecule has 2 rings (SSSR count). The first-order valence-corrected chi connectivity index (χ1v) is 6.98. The molecule has 0 unspecified atom stereocenters. The molecule has 2 atom stereocenters. The lowest BCUT2D eigenvalue weighted by Crippen LogP contribution is -2.41. The Morgan fingerprint density at radius 2 is 1.68 bits per heavy atom. The van der Waals surface area contributed by atoms with E-state index in [2.05, 4.69) is 5.32 Å². The quantitative estimate of drug-likeness (QED) is 0.900. The van der Waals surface area contributed by atoms with Gasteiger partial charge in [0.2, 0.25) is 0 Å². The van der Waals surface area contributed by atoms with E-state index >= 15 is 0 Å². The summed E-state index contributed by atoms with van der Waals surface area (Å²) in [5.41, 5.74) is 0.283. The Bertz CT molecular complexity index is 554. The Kier molecular flexibility index (Phi) is 4.73. The predicted octanol–water partition coefficient (Wildman–Crippen LogP) is 3.24. The van der Waals surface area contributed by atoms with E-state index in [4.69, 9.17) is 5.11 Å². The van der Waals surface area contributed by atoms with Gasteiger partial charge >= 0.3 is 12.1 Å². The number of aromatic carboxylic acids is 1. The molecule has 1 aromatic rings. The number of carbonyl (C=O) groups excluding carboxylic acids is 1. The van der Waals surface area contributed by atoms with Gasteiger partial charge < -0.3 is 10.4 Å². The summed E-state index contributed by atoms with van der Waals surface area (Å²) in [4.78, 5) is 22.7. The molecule has 1 aliphatic carbocycles. The smallest absolute Gasteiger partial charge is 0.391 e. The summed E-state index contributed by atoms with van der Waals surface area (Å²) < 4.78 is 38.2. The van der Waals surface area contributed by atoms with Crippen LogP contribution in [-0.2, 0) is 0 Å². The zero-order chi connectivity index (χ0) is 16.3. The van der Waals surface area contributed by atoms with Gasteiger partial charge in [0.05, 0.1) is 11.5 Å². The van der Waals surface area contributed by atoms with E-state index < -0.39 is 30.0 Å². The van der Waals surface area contributed by atoms with E-state index in [0.29, 0.717) is 12.8 Å². The highest BCUT2D eigenvalue weighted by Crippen LogP contribution is 2.37. The number of hydrogen-bond acceptors (Lipinski definition) is 2. The van der Waals surface area contributed by atoms with E-state index in [1.807, 2.05) is 0 Å². The van der Waals surface area contributed by atoms with Gasteiger partial charge in [0, 0.05) is 11.6 Å². The van der Waals surface area contributed by atoms with Gasteiger partial charge in [-0.05, 0) is 43.5 Å². The SMILES string of the molecule is O=C(O)c1ccc(C(=O)N[C@@H]2CCC[C@H](C(F)(F)F)C2)cc1. The molecule has 120 valence electrons. The molecule has 0 saturated heterocycles. The first-order chi connectivity index (χ1) is 10.3. The molecular formula is C15H16F3NO3. The van der Waals surface area contributed by atoms with Crippen molar-refractivity contribution in [2.75, 3.05) is 0 Å². The second kappa shape index (κ2) is 6.37. The molecule has 7 heteroatoms. The number of hydrogen-bond donors (Lipinski definition) is 2. The number of benzene rings is 1. The zero-order valence-corrected chi connectivity index (χ0v) is 11.7. The fourth-order valence-electron chi connectivity index (χ4n) is 2.65. The van der Waals surface area contributed by atoms with E-state index in [1.54, 1.807) is 0 Å². The summed E-state index contributed by atoms with van der Waals surface area (Å²) >= 11 is 0. The second-order valence-electron chi connectivity index (χ2n) is 5.46. The highest BCUT2D eigenvalue weighted by atomic mass is 19.4. The molecule has 0 spiro atoms. The molecule has 1 saturated carbocycles. The second-order valence-corrected chi connectivity index (χ2v) is 5.46. The maximum Gasteiger partial charge on any atom is 0.391 e. The summed E-state index contributed by atoms with van der Waals surface area (Å²) in [5, 5.41) is 11.4. The van der Waals surface area contributed by atoms with Crippen LogP contribution in [0.1, 0.15) is 46.4 Å². The number of carboxylic acid groups (broad SMARTS) is 1. The van der Waals surface area contributed by atoms with Crippen LogP contribution in [0.25, 0.3) is 0 Å². The van der Waals surface area contributed by atoms with Crippen molar-refractivity contribution >= 4 is 11.9 Å². The van der Waals surface area contributed by atoms with Gasteiger partial charge in [-0.15, -0.1) is 0 Å². The maximum absolute atomic E-state index is 12.7. The number of alkyl halides is 3. The predicted molar refractivity (Wildman–Crippen MR) is 72.7 cm³/mol. The van der Waals surface area contributed by atoms with Crippen LogP contribution in [0.4, 0.5) is 13.2 Å². The highest BCUT2D eigenvalue weighted by molar-refractivity contribution is 5.96. The minimum absolute atomic E-state index is 0.0475. The van der Waals surface area contributed by atoms with E-state index in [-0.39, 0.29) is 24.0 Å². The number of halogens is 3. The van der Waals surface area contributed by atoms with Gasteiger partial charge in [0.15, 0.2) is 0 Å². The monoisotopic (exact) mass is 315 g/mol. The van der Waals surface area contributed by atoms with Crippen molar-refractivity contribution in [3.8, 4) is 0 Å². The van der Waals surface area contributed by atoms with Crippen LogP contribution in [0.15, 0.2) is 24.3 Å². The van der Waals surface area contributed by atoms with Crippen LogP contribution in [-0.4, -0.2) is 29.2 Å². The molecule has 1 aliphatic rings. The van der Waals surface area contributed by atoms with Gasteiger partial charge in [0.25, 0.3) is 5.91 Å². The molecule has 4 nitrogen and oxygen atoms in total. The fraction of sp³-hybridized carbons (Fsp3) is 0.467. The van der Waals surface area contributed by atoms with Crippen LogP contribution in [0.5, 0.6) is 0 Å². The minimum Gasteiger partial charge on any atom is -0.478 e. The molecular weight excluding hydrogens is 299 g/mol. The summed E-state index contributed by atoms with van der Waals surface area (Å²) in [6, 6.07) is 4.77. The van der Waals surface area contributed by atoms with E-state index in [9.17, 15) is 22.8 Å². The number of carbonyl (C=O) groups is 2. The lowest BCUT2D eigenvalue weighted by atomic mass is 9.85. The van der Waals surface area contributed by atoms with Gasteiger partial charge in [0.1, 0.15) is 0 Å². The molecule has 0 aromatic heterocycles. The lowest BCUT2D eigenvalue weighted by Gasteiger charge is -2.31. The Hall–Kier alpha value is -2.05. The first kappa shape index (κ1) is 16.3. The first-order valence-electron chi connectivity index (χ1n) is 6.98. The Labute approximate surface area is 125 Å². The number of nitrogens with one attached hydrogen (secondary N) is 1. The molecule has 0 aliphatic heterocycles. The third-order valence-electron chi connectivity index (χ3n) is 3.87. The van der Waals surface area contributed by atoms with Crippen molar-refractivity contribution < 1.29 is 27.9 Å². The molecule has 1 amide bonds. The molecule has 0 bridgehead atoms. The Morgan fingerprint density at radius 1 is 1.09 bits per heavy atom. The number of rotatable bonds is 3. The minimum atomic E-state index is -4.23. The van der Waals surface area contributed by atoms with Gasteiger partial charge in [-0.2, -0.15) is 13.2 Å². The Balaban J connectivity index is 1.98. The van der Waals surface area contributed by atoms with Crippen molar-refractivity contribution in [3.05, 3.63) is 35.4 Å². The maximum atomic E-state index is 12.7. The standard InChI is InChI=1S/C15H16F3NO3/c16-15(17,18)11-2-1-3-12(8-11)19-13(20)9-4-6-10(7-5-9)14(21)22/h4-7,11-12H,1-3,8H2,(H,19,20)(H,21,22)/t11-,12+/m0/s1. The Morgan fingerprint density at radius 3 is 2.23 bits per heavy atom. The highest BCUT2D eigenvalue weighted by Gasteiger charge is 2.42. The molecule has 1 aromatic carbocycles. The largest absolute Gasteiger partial charge is 0.478 e. The zero-order valence-electron chi connectivity index (χ0n) is 11.7. The summed E-state index contributed by atoms with van der Waals surface area (Å²) in [6.45, 7) is 0. The van der Waals surface area contributed by atoms with Crippen molar-refractivity contribution in [2.24, 2.45) is 5.92 Å². The molecule has 1 fully saturated rings. The third-order valence-corrected chi connectivity index (χ3v) is 3.87. The number of carboxylic acids is 1. The number of amides is 1. The average Bonchev–Trinajstić information content (AvgIpc) is 2.46. The van der Waals surface area contributed by atoms with Crippen molar-refractivity contribution in [3.63, 3.8) is 0 Å². The van der Waals surface area contributed by atoms with E-state index in [1.165, 1.54) is 24.3 Å². The van der Waals surface area contributed by atoms with Gasteiger partial charge in [-0.25, -0.2) is 4.79 Å². The van der Waals surface area contributed by atoms with Crippen LogP contribution in [0.2, 0.25) is 0 Å². The van der Waals surface area contributed by atoms with Crippen molar-refractivity contribution in [1.82, 2.24) is 5.32 Å². The van der Waals surface area contributed by atoms with E-state index in [0.717, 1.165) is 0 Å². The summed E-state index contributed by atoms with van der Waals surface area (Å²) in [6.07, 6.45) is -3.29. The van der Waals surface area contributed by atoms with Crippen molar-refractivity contribution in [1.29, 1.82) is 0 Å². The molecule has 0 heterocycles. The van der Waals surface area contributed by atoms with Crippen molar-refractivity contribution in [2.45, 2.75) is 37.9 Å². The van der Waals surface area contributed by atoms with Crippen LogP contribution >= 0.6 is 0 Å². The van der Waals surface area contributed by atoms with Crippen LogP contribution in [0.3, 0.4) is 0 Å². The average molecular weight is 315 g/mol. The molecule has 0 radical (unpaired) electrons. The summed E-state index contributed by atoms with van der Waals surface area (Å²) in [5.74, 6) is -2.96. The van der Waals surface area contributed by atoms with Gasteiger partial charge in [-0.3, -0.25) is 4.79 Å². The third kappa shape index (κ3) is 3.99. The normalized spacial score (nSPS) is 22.1. The molecule has 22 heavy (non-hydrogen) atoms. The van der Waals surface area contributed by atoms with Crippen LogP contribution in [0, 0.1) is 5.92 Å². The lowest BCUT2D eigenvalue weighted by molar-refractivity contribution is -0.183. The topological polar surface area (TPSA) is 66.4 Å². The summed E-state index contributed by atoms with van der Waals surface area (Å²) in [7, 11) is 0. The van der Waals surface area contributed by atoms with Gasteiger partial charge in [-0.1, -0.05) is 6.42 Å². The molecule has 2 N–H and O–H groups in total. The fourth-order valence-corrected chi connectivity index (χ4v) is 2.65.